The summed E-state index contributed by atoms with van der Waals surface area (Å²) in [5.74, 6) is -0.252. The summed E-state index contributed by atoms with van der Waals surface area (Å²) in [4.78, 5) is 11.1. The van der Waals surface area contributed by atoms with E-state index in [9.17, 15) is 4.79 Å². The van der Waals surface area contributed by atoms with Gasteiger partial charge in [-0.15, -0.1) is 0 Å². The molecule has 0 aromatic carbocycles. The van der Waals surface area contributed by atoms with Crippen LogP contribution in [0, 0.1) is 0 Å². The van der Waals surface area contributed by atoms with E-state index >= 15 is 0 Å². The van der Waals surface area contributed by atoms with Crippen LogP contribution in [-0.2, 0) is 9.53 Å². The molecule has 0 aliphatic heterocycles. The molecule has 16 heavy (non-hydrogen) atoms. The van der Waals surface area contributed by atoms with Crippen LogP contribution in [0.3, 0.4) is 0 Å². The van der Waals surface area contributed by atoms with E-state index in [4.69, 9.17) is 4.74 Å². The van der Waals surface area contributed by atoms with Gasteiger partial charge in [-0.2, -0.15) is 0 Å². The Labute approximate surface area is 104 Å². The summed E-state index contributed by atoms with van der Waals surface area (Å²) >= 11 is -1.94. The Morgan fingerprint density at radius 3 is 2.06 bits per heavy atom. The van der Waals surface area contributed by atoms with E-state index in [1.165, 1.54) is 19.4 Å². The van der Waals surface area contributed by atoms with Crippen molar-refractivity contribution >= 4 is 24.3 Å². The van der Waals surface area contributed by atoms with Crippen molar-refractivity contribution < 1.29 is 9.53 Å². The first kappa shape index (κ1) is 15.7. The van der Waals surface area contributed by atoms with E-state index in [0.29, 0.717) is 6.61 Å². The van der Waals surface area contributed by atoms with Crippen LogP contribution in [0.4, 0.5) is 0 Å². The van der Waals surface area contributed by atoms with Gasteiger partial charge in [0.05, 0.1) is 0 Å². The topological polar surface area (TPSA) is 26.3 Å². The van der Waals surface area contributed by atoms with Crippen molar-refractivity contribution in [1.82, 2.24) is 0 Å². The average molecular weight is 331 g/mol. The first-order valence-corrected chi connectivity index (χ1v) is 13.9. The maximum absolute atomic E-state index is 11.1. The predicted molar refractivity (Wildman–Crippen MR) is 72.1 cm³/mol. The van der Waals surface area contributed by atoms with Crippen molar-refractivity contribution in [2.45, 2.75) is 41.0 Å². The van der Waals surface area contributed by atoms with Crippen molar-refractivity contribution in [2.24, 2.45) is 0 Å². The van der Waals surface area contributed by atoms with E-state index in [2.05, 4.69) is 24.9 Å². The number of hydrogen-bond donors (Lipinski definition) is 0. The molecule has 0 heterocycles. The van der Waals surface area contributed by atoms with Crippen molar-refractivity contribution in [2.75, 3.05) is 6.61 Å². The average Bonchev–Trinajstić information content (AvgIpc) is 2.31. The molecular weight excluding hydrogens is 307 g/mol. The molecule has 0 aliphatic carbocycles. The van der Waals surface area contributed by atoms with Gasteiger partial charge in [-0.3, -0.25) is 0 Å². The molecular formula is C13H24O2Sn. The molecule has 0 spiro atoms. The molecule has 0 unspecified atom stereocenters. The van der Waals surface area contributed by atoms with Gasteiger partial charge >= 0.3 is 104 Å². The second-order valence-corrected chi connectivity index (χ2v) is 18.7. The summed E-state index contributed by atoms with van der Waals surface area (Å²) in [6.07, 6.45) is 5.35. The molecule has 0 atom stereocenters. The molecule has 2 nitrogen and oxygen atoms in total. The molecule has 0 fully saturated rings. The first-order chi connectivity index (χ1) is 7.64. The zero-order valence-corrected chi connectivity index (χ0v) is 13.8. The van der Waals surface area contributed by atoms with Crippen LogP contribution in [0.2, 0.25) is 13.3 Å². The van der Waals surface area contributed by atoms with E-state index in [-0.39, 0.29) is 5.97 Å². The number of carbonyl (C=O) groups excluding carboxylic acids is 1. The fourth-order valence-corrected chi connectivity index (χ4v) is 9.47. The van der Waals surface area contributed by atoms with Gasteiger partial charge < -0.3 is 0 Å². The zero-order valence-electron chi connectivity index (χ0n) is 11.0. The minimum atomic E-state index is -1.94. The monoisotopic (exact) mass is 332 g/mol. The van der Waals surface area contributed by atoms with E-state index < -0.39 is 18.4 Å². The van der Waals surface area contributed by atoms with Crippen LogP contribution in [-0.4, -0.2) is 31.0 Å². The molecule has 0 bridgehead atoms. The van der Waals surface area contributed by atoms with Crippen molar-refractivity contribution in [1.29, 1.82) is 0 Å². The van der Waals surface area contributed by atoms with Gasteiger partial charge in [-0.25, -0.2) is 0 Å². The van der Waals surface area contributed by atoms with Gasteiger partial charge in [-0.1, -0.05) is 0 Å². The first-order valence-electron chi connectivity index (χ1n) is 6.16. The number of rotatable bonds is 7. The quantitative estimate of drug-likeness (QED) is 0.308. The summed E-state index contributed by atoms with van der Waals surface area (Å²) < 4.78 is 11.2. The van der Waals surface area contributed by atoms with Crippen LogP contribution in [0.25, 0.3) is 0 Å². The van der Waals surface area contributed by atoms with Crippen LogP contribution in [0.5, 0.6) is 0 Å². The molecule has 0 N–H and O–H groups in total. The Morgan fingerprint density at radius 2 is 1.62 bits per heavy atom. The van der Waals surface area contributed by atoms with Gasteiger partial charge in [0.2, 0.25) is 0 Å². The van der Waals surface area contributed by atoms with Crippen molar-refractivity contribution in [3.05, 3.63) is 22.3 Å². The van der Waals surface area contributed by atoms with Gasteiger partial charge in [0.1, 0.15) is 0 Å². The molecule has 0 aromatic rings. The molecule has 0 aliphatic rings. The molecule has 0 rings (SSSR count). The van der Waals surface area contributed by atoms with Gasteiger partial charge in [0.15, 0.2) is 0 Å². The van der Waals surface area contributed by atoms with Gasteiger partial charge in [0.25, 0.3) is 0 Å². The van der Waals surface area contributed by atoms with Gasteiger partial charge in [0, 0.05) is 0 Å². The summed E-state index contributed by atoms with van der Waals surface area (Å²) in [5.41, 5.74) is 0. The van der Waals surface area contributed by atoms with E-state index in [1.54, 1.807) is 0 Å². The number of carbonyl (C=O) groups is 1. The van der Waals surface area contributed by atoms with Crippen LogP contribution >= 0.6 is 0 Å². The van der Waals surface area contributed by atoms with Crippen LogP contribution < -0.4 is 0 Å². The molecule has 92 valence electrons. The SMILES string of the molecule is CCOC(=O)/C=C/C=[CH]\[Sn]([CH2]C)([CH2]C)[CH2]C. The van der Waals surface area contributed by atoms with Crippen molar-refractivity contribution in [3.63, 3.8) is 0 Å². The van der Waals surface area contributed by atoms with Crippen LogP contribution in [0.1, 0.15) is 27.7 Å². The second kappa shape index (κ2) is 8.85. The number of allylic oxidation sites excluding steroid dienone is 2. The molecule has 3 heteroatoms. The second-order valence-electron chi connectivity index (χ2n) is 3.89. The Morgan fingerprint density at radius 1 is 1.06 bits per heavy atom. The third kappa shape index (κ3) is 5.73. The summed E-state index contributed by atoms with van der Waals surface area (Å²) in [5, 5.41) is 0. The Hall–Kier alpha value is -0.251. The van der Waals surface area contributed by atoms with E-state index in [1.807, 2.05) is 19.1 Å². The summed E-state index contributed by atoms with van der Waals surface area (Å²) in [6.45, 7) is 9.14. The predicted octanol–water partition coefficient (Wildman–Crippen LogP) is 3.71. The van der Waals surface area contributed by atoms with Crippen molar-refractivity contribution in [3.8, 4) is 0 Å². The summed E-state index contributed by atoms with van der Waals surface area (Å²) in [7, 11) is 0. The standard InChI is InChI=1S/C7H9O2.3C2H5.Sn/c1-3-5-6-7(8)9-4-2;3*1-2;/h1,3,5-6H,4H2,2H3;3*1H2,2H3;/b3-1?,6-5+;;;;. The van der Waals surface area contributed by atoms with Gasteiger partial charge in [-0.05, 0) is 0 Å². The Balaban J connectivity index is 4.30. The molecule has 0 amide bonds. The Bertz CT molecular complexity index is 244. The fraction of sp³-hybridized carbons (Fsp3) is 0.615. The third-order valence-electron chi connectivity index (χ3n) is 3.19. The summed E-state index contributed by atoms with van der Waals surface area (Å²) in [6, 6.07) is 0. The normalized spacial score (nSPS) is 12.5. The maximum atomic E-state index is 11.1. The molecule has 0 saturated heterocycles. The zero-order chi connectivity index (χ0) is 12.4. The minimum absolute atomic E-state index is 0.252. The number of ether oxygens (including phenoxy) is 1. The number of hydrogen-bond acceptors (Lipinski definition) is 2. The Kier molecular flexibility index (Phi) is 8.71. The van der Waals surface area contributed by atoms with E-state index in [0.717, 1.165) is 0 Å². The third-order valence-corrected chi connectivity index (χ3v) is 17.8. The van der Waals surface area contributed by atoms with Crippen LogP contribution in [0.15, 0.2) is 22.3 Å². The number of esters is 1. The molecule has 0 radical (unpaired) electrons. The molecule has 0 aromatic heterocycles. The fourth-order valence-electron chi connectivity index (χ4n) is 1.69. The molecule has 0 saturated carbocycles.